The molecule has 1 heterocycles. The Hall–Kier alpha value is -1.81. The number of nitrogens with one attached hydrogen (secondary N) is 1. The van der Waals surface area contributed by atoms with Crippen molar-refractivity contribution in [3.63, 3.8) is 0 Å². The molecule has 0 radical (unpaired) electrons. The number of rotatable bonds is 6. The third-order valence-corrected chi connectivity index (χ3v) is 3.17. The molecule has 2 aromatic rings. The summed E-state index contributed by atoms with van der Waals surface area (Å²) in [6.45, 7) is 7.95. The summed E-state index contributed by atoms with van der Waals surface area (Å²) in [5, 5.41) is 7.81. The van der Waals surface area contributed by atoms with Crippen molar-refractivity contribution in [2.75, 3.05) is 7.11 Å². The molecule has 4 nitrogen and oxygen atoms in total. The van der Waals surface area contributed by atoms with E-state index in [4.69, 9.17) is 4.74 Å². The molecule has 2 rings (SSSR count). The molecule has 1 N–H and O–H groups in total. The number of aromatic nitrogens is 2. The summed E-state index contributed by atoms with van der Waals surface area (Å²) in [7, 11) is 1.70. The van der Waals surface area contributed by atoms with Gasteiger partial charge in [0.25, 0.3) is 0 Å². The highest BCUT2D eigenvalue weighted by molar-refractivity contribution is 5.37. The predicted molar refractivity (Wildman–Crippen MR) is 81.0 cm³/mol. The first-order valence-electron chi connectivity index (χ1n) is 6.96. The molecular formula is C16H23N3O. The van der Waals surface area contributed by atoms with Crippen molar-refractivity contribution in [2.24, 2.45) is 0 Å². The first-order chi connectivity index (χ1) is 9.58. The number of hydrogen-bond acceptors (Lipinski definition) is 3. The lowest BCUT2D eigenvalue weighted by Gasteiger charge is -2.09. The zero-order valence-corrected chi connectivity index (χ0v) is 12.7. The lowest BCUT2D eigenvalue weighted by atomic mass is 10.1. The van der Waals surface area contributed by atoms with Crippen molar-refractivity contribution in [1.82, 2.24) is 15.1 Å². The second kappa shape index (κ2) is 6.57. The molecule has 1 aromatic carbocycles. The van der Waals surface area contributed by atoms with Crippen LogP contribution in [0, 0.1) is 6.92 Å². The molecule has 0 unspecified atom stereocenters. The minimum atomic E-state index is 0.482. The minimum Gasteiger partial charge on any atom is -0.496 e. The van der Waals surface area contributed by atoms with Gasteiger partial charge in [-0.15, -0.1) is 0 Å². The van der Waals surface area contributed by atoms with E-state index >= 15 is 0 Å². The lowest BCUT2D eigenvalue weighted by molar-refractivity contribution is 0.407. The summed E-state index contributed by atoms with van der Waals surface area (Å²) in [6.07, 6.45) is 3.99. The van der Waals surface area contributed by atoms with E-state index in [1.54, 1.807) is 7.11 Å². The summed E-state index contributed by atoms with van der Waals surface area (Å²) < 4.78 is 7.36. The maximum absolute atomic E-state index is 5.40. The van der Waals surface area contributed by atoms with E-state index in [1.807, 2.05) is 16.9 Å². The molecule has 4 heteroatoms. The minimum absolute atomic E-state index is 0.482. The maximum Gasteiger partial charge on any atom is 0.123 e. The van der Waals surface area contributed by atoms with E-state index in [0.29, 0.717) is 6.04 Å². The average molecular weight is 273 g/mol. The van der Waals surface area contributed by atoms with E-state index in [0.717, 1.165) is 24.4 Å². The van der Waals surface area contributed by atoms with Gasteiger partial charge in [0, 0.05) is 29.9 Å². The highest BCUT2D eigenvalue weighted by Crippen LogP contribution is 2.20. The van der Waals surface area contributed by atoms with Crippen LogP contribution < -0.4 is 10.1 Å². The smallest absolute Gasteiger partial charge is 0.123 e. The third-order valence-electron chi connectivity index (χ3n) is 3.17. The number of aryl methyl sites for hydroxylation is 1. The van der Waals surface area contributed by atoms with E-state index in [-0.39, 0.29) is 0 Å². The first-order valence-corrected chi connectivity index (χ1v) is 6.96. The SMILES string of the molecule is COc1ccc(C)cc1Cn1cc(CNC(C)C)cn1. The van der Waals surface area contributed by atoms with E-state index in [9.17, 15) is 0 Å². The molecule has 1 aromatic heterocycles. The summed E-state index contributed by atoms with van der Waals surface area (Å²) in [5.74, 6) is 0.910. The third kappa shape index (κ3) is 3.84. The van der Waals surface area contributed by atoms with Crippen LogP contribution in [0.15, 0.2) is 30.6 Å². The Morgan fingerprint density at radius 2 is 2.15 bits per heavy atom. The van der Waals surface area contributed by atoms with Crippen LogP contribution >= 0.6 is 0 Å². The van der Waals surface area contributed by atoms with Gasteiger partial charge in [0.2, 0.25) is 0 Å². The Balaban J connectivity index is 2.08. The van der Waals surface area contributed by atoms with Crippen molar-refractivity contribution in [1.29, 1.82) is 0 Å². The fraction of sp³-hybridized carbons (Fsp3) is 0.438. The summed E-state index contributed by atoms with van der Waals surface area (Å²) in [5.41, 5.74) is 3.58. The predicted octanol–water partition coefficient (Wildman–Crippen LogP) is 2.75. The first kappa shape index (κ1) is 14.6. The summed E-state index contributed by atoms with van der Waals surface area (Å²) in [6, 6.07) is 6.70. The summed E-state index contributed by atoms with van der Waals surface area (Å²) in [4.78, 5) is 0. The van der Waals surface area contributed by atoms with E-state index in [2.05, 4.69) is 49.5 Å². The molecule has 0 bridgehead atoms. The van der Waals surface area contributed by atoms with Gasteiger partial charge in [0.15, 0.2) is 0 Å². The van der Waals surface area contributed by atoms with E-state index < -0.39 is 0 Å². The van der Waals surface area contributed by atoms with Crippen LogP contribution in [0.1, 0.15) is 30.5 Å². The van der Waals surface area contributed by atoms with Crippen LogP contribution in [0.2, 0.25) is 0 Å². The van der Waals surface area contributed by atoms with Crippen LogP contribution in [0.25, 0.3) is 0 Å². The molecule has 20 heavy (non-hydrogen) atoms. The molecule has 0 aliphatic carbocycles. The number of benzene rings is 1. The monoisotopic (exact) mass is 273 g/mol. The van der Waals surface area contributed by atoms with E-state index in [1.165, 1.54) is 11.1 Å². The maximum atomic E-state index is 5.40. The van der Waals surface area contributed by atoms with Gasteiger partial charge >= 0.3 is 0 Å². The Labute approximate surface area is 120 Å². The quantitative estimate of drug-likeness (QED) is 0.879. The van der Waals surface area contributed by atoms with Gasteiger partial charge in [-0.1, -0.05) is 31.5 Å². The topological polar surface area (TPSA) is 39.1 Å². The van der Waals surface area contributed by atoms with Crippen LogP contribution in [0.5, 0.6) is 5.75 Å². The molecular weight excluding hydrogens is 250 g/mol. The lowest BCUT2D eigenvalue weighted by Crippen LogP contribution is -2.21. The van der Waals surface area contributed by atoms with Crippen molar-refractivity contribution < 1.29 is 4.74 Å². The van der Waals surface area contributed by atoms with Gasteiger partial charge in [-0.05, 0) is 13.0 Å². The number of ether oxygens (including phenoxy) is 1. The molecule has 0 atom stereocenters. The summed E-state index contributed by atoms with van der Waals surface area (Å²) >= 11 is 0. The molecule has 0 fully saturated rings. The van der Waals surface area contributed by atoms with Crippen LogP contribution in [-0.2, 0) is 13.1 Å². The molecule has 0 amide bonds. The largest absolute Gasteiger partial charge is 0.496 e. The molecule has 0 saturated heterocycles. The molecule has 0 aliphatic heterocycles. The van der Waals surface area contributed by atoms with Crippen molar-refractivity contribution >= 4 is 0 Å². The molecule has 0 aliphatic rings. The standard InChI is InChI=1S/C16H23N3O/c1-12(2)17-8-14-9-18-19(10-14)11-15-7-13(3)5-6-16(15)20-4/h5-7,9-10,12,17H,8,11H2,1-4H3. The second-order valence-electron chi connectivity index (χ2n) is 5.40. The highest BCUT2D eigenvalue weighted by Gasteiger charge is 2.06. The van der Waals surface area contributed by atoms with Gasteiger partial charge in [-0.2, -0.15) is 5.10 Å². The zero-order chi connectivity index (χ0) is 14.5. The van der Waals surface area contributed by atoms with Crippen molar-refractivity contribution in [2.45, 2.75) is 39.9 Å². The van der Waals surface area contributed by atoms with Gasteiger partial charge < -0.3 is 10.1 Å². The average Bonchev–Trinajstić information content (AvgIpc) is 2.84. The molecule has 0 spiro atoms. The number of hydrogen-bond donors (Lipinski definition) is 1. The Morgan fingerprint density at radius 1 is 1.35 bits per heavy atom. The van der Waals surface area contributed by atoms with Gasteiger partial charge in [-0.3, -0.25) is 4.68 Å². The fourth-order valence-corrected chi connectivity index (χ4v) is 2.11. The number of methoxy groups -OCH3 is 1. The Bertz CT molecular complexity index is 561. The van der Waals surface area contributed by atoms with Crippen LogP contribution in [0.4, 0.5) is 0 Å². The Kier molecular flexibility index (Phi) is 4.79. The van der Waals surface area contributed by atoms with Crippen LogP contribution in [0.3, 0.4) is 0 Å². The zero-order valence-electron chi connectivity index (χ0n) is 12.7. The fourth-order valence-electron chi connectivity index (χ4n) is 2.11. The van der Waals surface area contributed by atoms with Crippen molar-refractivity contribution in [3.8, 4) is 5.75 Å². The normalized spacial score (nSPS) is 11.1. The Morgan fingerprint density at radius 3 is 2.85 bits per heavy atom. The van der Waals surface area contributed by atoms with Crippen molar-refractivity contribution in [3.05, 3.63) is 47.3 Å². The molecule has 0 saturated carbocycles. The molecule has 108 valence electrons. The second-order valence-corrected chi connectivity index (χ2v) is 5.40. The van der Waals surface area contributed by atoms with Gasteiger partial charge in [-0.25, -0.2) is 0 Å². The highest BCUT2D eigenvalue weighted by atomic mass is 16.5. The van der Waals surface area contributed by atoms with Gasteiger partial charge in [0.05, 0.1) is 19.9 Å². The number of nitrogens with zero attached hydrogens (tertiary/aromatic N) is 2. The van der Waals surface area contributed by atoms with Gasteiger partial charge in [0.1, 0.15) is 5.75 Å². The van der Waals surface area contributed by atoms with Crippen LogP contribution in [-0.4, -0.2) is 22.9 Å².